The standard InChI is InChI=1S/C10H11ClN2O3/c1-7(14)16-10(13(2)12-15)8-4-3-5-9(11)6-8/h3-6,10H,1-2H3. The highest BCUT2D eigenvalue weighted by atomic mass is 35.5. The Hall–Kier alpha value is -1.62. The van der Waals surface area contributed by atoms with E-state index in [9.17, 15) is 9.70 Å². The minimum Gasteiger partial charge on any atom is -0.436 e. The summed E-state index contributed by atoms with van der Waals surface area (Å²) in [6, 6.07) is 6.69. The fraction of sp³-hybridized carbons (Fsp3) is 0.300. The number of halogens is 1. The lowest BCUT2D eigenvalue weighted by atomic mass is 10.2. The minimum absolute atomic E-state index is 0.494. The lowest BCUT2D eigenvalue weighted by Gasteiger charge is -2.22. The number of benzene rings is 1. The van der Waals surface area contributed by atoms with Gasteiger partial charge in [-0.15, -0.1) is 4.91 Å². The molecule has 0 radical (unpaired) electrons. The van der Waals surface area contributed by atoms with Gasteiger partial charge >= 0.3 is 5.97 Å². The van der Waals surface area contributed by atoms with Gasteiger partial charge in [-0.1, -0.05) is 23.7 Å². The van der Waals surface area contributed by atoms with Gasteiger partial charge in [0.05, 0.1) is 5.29 Å². The highest BCUT2D eigenvalue weighted by molar-refractivity contribution is 6.30. The zero-order valence-electron chi connectivity index (χ0n) is 8.88. The molecule has 0 aromatic heterocycles. The van der Waals surface area contributed by atoms with Crippen LogP contribution in [-0.4, -0.2) is 18.0 Å². The van der Waals surface area contributed by atoms with Gasteiger partial charge in [0, 0.05) is 24.6 Å². The predicted octanol–water partition coefficient (Wildman–Crippen LogP) is 2.51. The molecule has 1 rings (SSSR count). The monoisotopic (exact) mass is 242 g/mol. The Morgan fingerprint density at radius 3 is 2.75 bits per heavy atom. The van der Waals surface area contributed by atoms with E-state index in [2.05, 4.69) is 5.29 Å². The largest absolute Gasteiger partial charge is 0.436 e. The van der Waals surface area contributed by atoms with Gasteiger partial charge in [-0.05, 0) is 12.1 Å². The van der Waals surface area contributed by atoms with Gasteiger partial charge in [0.2, 0.25) is 6.23 Å². The summed E-state index contributed by atoms with van der Waals surface area (Å²) in [4.78, 5) is 21.3. The minimum atomic E-state index is -0.853. The van der Waals surface area contributed by atoms with Crippen LogP contribution in [0.3, 0.4) is 0 Å². The molecule has 0 saturated carbocycles. The molecule has 0 aliphatic carbocycles. The lowest BCUT2D eigenvalue weighted by molar-refractivity contribution is -0.156. The molecule has 5 nitrogen and oxygen atoms in total. The maximum Gasteiger partial charge on any atom is 0.304 e. The molecule has 1 unspecified atom stereocenters. The van der Waals surface area contributed by atoms with E-state index in [0.29, 0.717) is 10.6 Å². The van der Waals surface area contributed by atoms with Crippen molar-refractivity contribution in [1.29, 1.82) is 0 Å². The third-order valence-electron chi connectivity index (χ3n) is 1.88. The molecule has 1 atom stereocenters. The third-order valence-corrected chi connectivity index (χ3v) is 2.11. The number of carbonyl (C=O) groups excluding carboxylic acids is 1. The first-order valence-electron chi connectivity index (χ1n) is 4.53. The number of rotatable bonds is 4. The van der Waals surface area contributed by atoms with E-state index in [1.807, 2.05) is 0 Å². The number of ether oxygens (including phenoxy) is 1. The summed E-state index contributed by atoms with van der Waals surface area (Å²) in [6.45, 7) is 1.26. The van der Waals surface area contributed by atoms with Crippen LogP contribution in [0.2, 0.25) is 5.02 Å². The SMILES string of the molecule is CC(=O)OC(c1cccc(Cl)c1)N(C)N=O. The van der Waals surface area contributed by atoms with E-state index in [0.717, 1.165) is 5.01 Å². The number of nitrogens with zero attached hydrogens (tertiary/aromatic N) is 2. The molecular formula is C10H11ClN2O3. The van der Waals surface area contributed by atoms with E-state index in [-0.39, 0.29) is 0 Å². The normalized spacial score (nSPS) is 11.7. The van der Waals surface area contributed by atoms with E-state index in [1.54, 1.807) is 24.3 Å². The van der Waals surface area contributed by atoms with Crippen LogP contribution >= 0.6 is 11.6 Å². The first-order valence-corrected chi connectivity index (χ1v) is 4.91. The Kier molecular flexibility index (Phi) is 4.25. The van der Waals surface area contributed by atoms with Crippen molar-refractivity contribution in [1.82, 2.24) is 5.01 Å². The molecule has 1 aromatic rings. The molecule has 0 heterocycles. The maximum absolute atomic E-state index is 10.9. The summed E-state index contributed by atoms with van der Waals surface area (Å²) in [5, 5.41) is 4.21. The van der Waals surface area contributed by atoms with Crippen LogP contribution in [0.1, 0.15) is 18.7 Å². The Bertz CT molecular complexity index is 397. The molecule has 0 amide bonds. The van der Waals surface area contributed by atoms with Crippen molar-refractivity contribution in [2.75, 3.05) is 7.05 Å². The van der Waals surface area contributed by atoms with E-state index >= 15 is 0 Å². The van der Waals surface area contributed by atoms with Crippen LogP contribution in [0, 0.1) is 4.91 Å². The van der Waals surface area contributed by atoms with Crippen molar-refractivity contribution in [2.24, 2.45) is 5.29 Å². The Morgan fingerprint density at radius 2 is 2.25 bits per heavy atom. The average molecular weight is 243 g/mol. The van der Waals surface area contributed by atoms with Gasteiger partial charge in [0.25, 0.3) is 0 Å². The lowest BCUT2D eigenvalue weighted by Crippen LogP contribution is -2.23. The van der Waals surface area contributed by atoms with Crippen LogP contribution in [-0.2, 0) is 9.53 Å². The van der Waals surface area contributed by atoms with Gasteiger partial charge in [0.15, 0.2) is 0 Å². The van der Waals surface area contributed by atoms with Gasteiger partial charge in [-0.2, -0.15) is 0 Å². The highest BCUT2D eigenvalue weighted by Gasteiger charge is 2.20. The first-order chi connectivity index (χ1) is 7.54. The third kappa shape index (κ3) is 3.20. The fourth-order valence-corrected chi connectivity index (χ4v) is 1.42. The Labute approximate surface area is 97.9 Å². The molecule has 0 spiro atoms. The highest BCUT2D eigenvalue weighted by Crippen LogP contribution is 2.23. The zero-order chi connectivity index (χ0) is 12.1. The molecular weight excluding hydrogens is 232 g/mol. The second-order valence-corrected chi connectivity index (χ2v) is 3.61. The Balaban J connectivity index is 3.00. The summed E-state index contributed by atoms with van der Waals surface area (Å²) >= 11 is 5.81. The molecule has 0 saturated heterocycles. The second-order valence-electron chi connectivity index (χ2n) is 3.17. The molecule has 86 valence electrons. The number of nitroso groups, excluding NO2 is 1. The maximum atomic E-state index is 10.9. The molecule has 0 aliphatic heterocycles. The van der Waals surface area contributed by atoms with Crippen molar-refractivity contribution in [3.63, 3.8) is 0 Å². The average Bonchev–Trinajstić information content (AvgIpc) is 2.24. The molecule has 0 bridgehead atoms. The number of hydrogen-bond donors (Lipinski definition) is 0. The molecule has 6 heteroatoms. The summed E-state index contributed by atoms with van der Waals surface area (Å²) in [5.41, 5.74) is 0.588. The van der Waals surface area contributed by atoms with Crippen LogP contribution in [0.15, 0.2) is 29.6 Å². The number of hydrogen-bond acceptors (Lipinski definition) is 4. The van der Waals surface area contributed by atoms with E-state index in [4.69, 9.17) is 16.3 Å². The summed E-state index contributed by atoms with van der Waals surface area (Å²) in [7, 11) is 1.42. The summed E-state index contributed by atoms with van der Waals surface area (Å²) in [6.07, 6.45) is -0.853. The van der Waals surface area contributed by atoms with Crippen molar-refractivity contribution in [3.8, 4) is 0 Å². The molecule has 0 aliphatic rings. The van der Waals surface area contributed by atoms with Crippen molar-refractivity contribution in [2.45, 2.75) is 13.2 Å². The zero-order valence-corrected chi connectivity index (χ0v) is 9.64. The van der Waals surface area contributed by atoms with E-state index in [1.165, 1.54) is 14.0 Å². The van der Waals surface area contributed by atoms with Crippen LogP contribution in [0.4, 0.5) is 0 Å². The number of carbonyl (C=O) groups is 1. The first kappa shape index (κ1) is 12.4. The van der Waals surface area contributed by atoms with Crippen molar-refractivity contribution < 1.29 is 9.53 Å². The van der Waals surface area contributed by atoms with Crippen LogP contribution in [0.25, 0.3) is 0 Å². The van der Waals surface area contributed by atoms with Gasteiger partial charge in [0.1, 0.15) is 0 Å². The van der Waals surface area contributed by atoms with Crippen LogP contribution in [0.5, 0.6) is 0 Å². The summed E-state index contributed by atoms with van der Waals surface area (Å²) < 4.78 is 4.98. The van der Waals surface area contributed by atoms with Crippen molar-refractivity contribution in [3.05, 3.63) is 39.8 Å². The topological polar surface area (TPSA) is 59.0 Å². The van der Waals surface area contributed by atoms with Gasteiger partial charge < -0.3 is 4.74 Å². The Morgan fingerprint density at radius 1 is 1.56 bits per heavy atom. The van der Waals surface area contributed by atoms with Crippen LogP contribution < -0.4 is 0 Å². The second kappa shape index (κ2) is 5.46. The van der Waals surface area contributed by atoms with Gasteiger partial charge in [-0.3, -0.25) is 4.79 Å². The molecule has 16 heavy (non-hydrogen) atoms. The summed E-state index contributed by atoms with van der Waals surface area (Å²) in [5.74, 6) is -0.500. The predicted molar refractivity (Wildman–Crippen MR) is 59.5 cm³/mol. The number of esters is 1. The smallest absolute Gasteiger partial charge is 0.304 e. The van der Waals surface area contributed by atoms with Crippen molar-refractivity contribution >= 4 is 17.6 Å². The molecule has 0 fully saturated rings. The molecule has 0 N–H and O–H groups in total. The van der Waals surface area contributed by atoms with E-state index < -0.39 is 12.2 Å². The quantitative estimate of drug-likeness (QED) is 0.352. The fourth-order valence-electron chi connectivity index (χ4n) is 1.22. The van der Waals surface area contributed by atoms with Gasteiger partial charge in [-0.25, -0.2) is 5.01 Å². The molecule has 1 aromatic carbocycles.